The Morgan fingerprint density at radius 2 is 1.36 bits per heavy atom. The summed E-state index contributed by atoms with van der Waals surface area (Å²) in [5, 5.41) is 11.2. The molecule has 2 heterocycles. The number of nitrogens with zero attached hydrogens (tertiary/aromatic N) is 3. The number of hydrogen-bond donors (Lipinski definition) is 1. The van der Waals surface area contributed by atoms with E-state index in [2.05, 4.69) is 31.4 Å². The number of carbonyl (C=O) groups is 1. The van der Waals surface area contributed by atoms with Crippen molar-refractivity contribution in [3.63, 3.8) is 0 Å². The van der Waals surface area contributed by atoms with Gasteiger partial charge in [0.15, 0.2) is 6.54 Å². The van der Waals surface area contributed by atoms with Gasteiger partial charge in [0.2, 0.25) is 11.4 Å². The van der Waals surface area contributed by atoms with Crippen molar-refractivity contribution in [2.45, 2.75) is 143 Å². The van der Waals surface area contributed by atoms with Crippen LogP contribution in [0.5, 0.6) is 0 Å². The number of fused-ring (bicyclic) bond motifs is 2. The number of halogens is 4. The third-order valence-corrected chi connectivity index (χ3v) is 12.1. The molecule has 0 atom stereocenters. The second kappa shape index (κ2) is 20.2. The highest BCUT2D eigenvalue weighted by molar-refractivity contribution is 6.32. The molecule has 6 nitrogen and oxygen atoms in total. The molecule has 1 N–H and O–H groups in total. The SMILES string of the molecule is CCCCCCCCCCN1/C(=C\C2=C(O)C(=C\c3oc4cc(C)c(C)cc4[n+]3CCCCCCCCCC)/C2=O)N(c2ccccc2)c2cc(C(F)(F)F)c(Cl)cc21. The monoisotopic (exact) mass is 830 g/mol. The average molecular weight is 831 g/mol. The van der Waals surface area contributed by atoms with Crippen LogP contribution in [-0.2, 0) is 17.5 Å². The van der Waals surface area contributed by atoms with E-state index in [-0.39, 0.29) is 22.7 Å². The summed E-state index contributed by atoms with van der Waals surface area (Å²) in [5.41, 5.74) is 4.61. The molecule has 0 unspecified atom stereocenters. The molecule has 59 heavy (non-hydrogen) atoms. The number of ketones is 1. The highest BCUT2D eigenvalue weighted by atomic mass is 35.5. The highest BCUT2D eigenvalue weighted by Crippen LogP contribution is 2.51. The van der Waals surface area contributed by atoms with Crippen LogP contribution in [0.3, 0.4) is 0 Å². The normalized spacial score (nSPS) is 15.7. The summed E-state index contributed by atoms with van der Waals surface area (Å²) in [7, 11) is 0. The third-order valence-electron chi connectivity index (χ3n) is 11.8. The minimum atomic E-state index is -4.67. The number of aliphatic hydroxyl groups is 1. The molecular weight excluding hydrogens is 771 g/mol. The summed E-state index contributed by atoms with van der Waals surface area (Å²) >= 11 is 6.35. The molecule has 0 bridgehead atoms. The molecule has 0 saturated heterocycles. The van der Waals surface area contributed by atoms with Crippen LogP contribution in [0, 0.1) is 13.8 Å². The summed E-state index contributed by atoms with van der Waals surface area (Å²) < 4.78 is 51.4. The second-order valence-corrected chi connectivity index (χ2v) is 16.6. The van der Waals surface area contributed by atoms with Gasteiger partial charge in [-0.15, -0.1) is 0 Å². The molecule has 1 aliphatic carbocycles. The lowest BCUT2D eigenvalue weighted by atomic mass is 9.87. The molecule has 0 fully saturated rings. The molecule has 0 spiro atoms. The summed E-state index contributed by atoms with van der Waals surface area (Å²) in [4.78, 5) is 17.7. The minimum Gasteiger partial charge on any atom is -0.506 e. The summed E-state index contributed by atoms with van der Waals surface area (Å²) in [6.45, 7) is 9.73. The standard InChI is InChI=1S/C49H59ClF3N3O3/c1-5-7-9-11-13-15-17-22-26-54-41-33-40(50)39(49(51,52)53)32-42(41)56(36-24-20-19-21-25-36)45(54)30-37-47(57)38(48(37)58)31-46-55(27-23-18-16-14-12-10-8-6-2)43-28-34(3)35(4)29-44(43)59-46/h19-21,24-25,28-33H,5-18,22-23,26-27H2,1-4H3/p+1. The van der Waals surface area contributed by atoms with E-state index < -0.39 is 16.8 Å². The Morgan fingerprint density at radius 1 is 0.763 bits per heavy atom. The minimum absolute atomic E-state index is 0.0838. The van der Waals surface area contributed by atoms with Crippen LogP contribution >= 0.6 is 11.6 Å². The number of Topliss-reactive ketones (excluding diaryl/α,β-unsaturated/α-hetero) is 1. The molecular formula is C49H60ClF3N3O3+. The van der Waals surface area contributed by atoms with Gasteiger partial charge in [0.05, 0.1) is 39.2 Å². The van der Waals surface area contributed by atoms with Crippen molar-refractivity contribution in [1.82, 2.24) is 0 Å². The van der Waals surface area contributed by atoms with Crippen LogP contribution in [0.4, 0.5) is 30.2 Å². The Kier molecular flexibility index (Phi) is 15.1. The fraction of sp³-hybridized carbons (Fsp3) is 0.469. The lowest BCUT2D eigenvalue weighted by Gasteiger charge is -2.28. The van der Waals surface area contributed by atoms with Crippen molar-refractivity contribution >= 4 is 51.6 Å². The summed E-state index contributed by atoms with van der Waals surface area (Å²) in [6.07, 6.45) is 16.7. The van der Waals surface area contributed by atoms with Gasteiger partial charge in [0.25, 0.3) is 5.52 Å². The zero-order valence-corrected chi connectivity index (χ0v) is 36.0. The zero-order valence-electron chi connectivity index (χ0n) is 35.2. The number of benzene rings is 3. The molecule has 10 heteroatoms. The first-order chi connectivity index (χ1) is 28.4. The van der Waals surface area contributed by atoms with Crippen molar-refractivity contribution in [3.8, 4) is 0 Å². The molecule has 4 aromatic rings. The van der Waals surface area contributed by atoms with Gasteiger partial charge in [-0.1, -0.05) is 127 Å². The predicted molar refractivity (Wildman–Crippen MR) is 234 cm³/mol. The molecule has 0 saturated carbocycles. The van der Waals surface area contributed by atoms with Gasteiger partial charge >= 0.3 is 12.1 Å². The number of alkyl halides is 3. The number of aromatic nitrogens is 1. The number of para-hydroxylation sites is 1. The Balaban J connectivity index is 1.34. The first kappa shape index (κ1) is 44.1. The molecule has 1 aliphatic heterocycles. The largest absolute Gasteiger partial charge is 0.506 e. The zero-order chi connectivity index (χ0) is 42.1. The Hall–Kier alpha value is -4.50. The van der Waals surface area contributed by atoms with E-state index in [0.717, 1.165) is 67.7 Å². The lowest BCUT2D eigenvalue weighted by molar-refractivity contribution is -0.678. The number of carbonyl (C=O) groups excluding carboxylic acids is 1. The average Bonchev–Trinajstić information content (AvgIpc) is 3.70. The molecule has 1 aromatic heterocycles. The predicted octanol–water partition coefficient (Wildman–Crippen LogP) is 14.6. The number of allylic oxidation sites excluding steroid dienone is 3. The molecule has 3 aromatic carbocycles. The maximum absolute atomic E-state index is 14.3. The molecule has 2 aliphatic rings. The molecule has 6 rings (SSSR count). The topological polar surface area (TPSA) is 60.8 Å². The number of aliphatic hydroxyl groups excluding tert-OH is 1. The van der Waals surface area contributed by atoms with E-state index in [1.165, 1.54) is 63.9 Å². The quantitative estimate of drug-likeness (QED) is 0.0515. The number of hydrogen-bond acceptors (Lipinski definition) is 5. The van der Waals surface area contributed by atoms with Crippen LogP contribution in [0.1, 0.15) is 139 Å². The van der Waals surface area contributed by atoms with Gasteiger partial charge in [0, 0.05) is 24.7 Å². The van der Waals surface area contributed by atoms with E-state index in [1.54, 1.807) is 17.1 Å². The van der Waals surface area contributed by atoms with E-state index in [1.807, 2.05) is 48.2 Å². The van der Waals surface area contributed by atoms with Crippen molar-refractivity contribution in [2.75, 3.05) is 16.3 Å². The van der Waals surface area contributed by atoms with Crippen LogP contribution in [0.15, 0.2) is 87.8 Å². The summed E-state index contributed by atoms with van der Waals surface area (Å²) in [5.74, 6) is 0.405. The molecule has 0 radical (unpaired) electrons. The van der Waals surface area contributed by atoms with Crippen LogP contribution in [0.2, 0.25) is 5.02 Å². The Labute approximate surface area is 353 Å². The number of oxazole rings is 1. The fourth-order valence-corrected chi connectivity index (χ4v) is 8.48. The Morgan fingerprint density at radius 3 is 1.97 bits per heavy atom. The fourth-order valence-electron chi connectivity index (χ4n) is 8.22. The van der Waals surface area contributed by atoms with Crippen molar-refractivity contribution in [2.24, 2.45) is 0 Å². The van der Waals surface area contributed by atoms with Crippen LogP contribution in [-0.4, -0.2) is 17.4 Å². The van der Waals surface area contributed by atoms with Gasteiger partial charge in [-0.2, -0.15) is 17.7 Å². The maximum Gasteiger partial charge on any atom is 0.417 e. The first-order valence-electron chi connectivity index (χ1n) is 21.8. The van der Waals surface area contributed by atoms with Gasteiger partial charge in [-0.3, -0.25) is 9.69 Å². The summed E-state index contributed by atoms with van der Waals surface area (Å²) in [6, 6.07) is 15.7. The van der Waals surface area contributed by atoms with Gasteiger partial charge in [-0.25, -0.2) is 0 Å². The van der Waals surface area contributed by atoms with E-state index in [9.17, 15) is 23.1 Å². The number of anilines is 3. The van der Waals surface area contributed by atoms with Crippen molar-refractivity contribution in [1.29, 1.82) is 0 Å². The van der Waals surface area contributed by atoms with Crippen LogP contribution in [0.25, 0.3) is 17.2 Å². The van der Waals surface area contributed by atoms with Crippen LogP contribution < -0.4 is 14.4 Å². The maximum atomic E-state index is 14.3. The van der Waals surface area contributed by atoms with Gasteiger partial charge < -0.3 is 14.4 Å². The van der Waals surface area contributed by atoms with Crippen molar-refractivity contribution in [3.05, 3.63) is 111 Å². The number of unbranched alkanes of at least 4 members (excludes halogenated alkanes) is 14. The van der Waals surface area contributed by atoms with Gasteiger partial charge in [-0.05, 0) is 74.2 Å². The first-order valence-corrected chi connectivity index (χ1v) is 22.2. The van der Waals surface area contributed by atoms with Crippen molar-refractivity contribution < 1.29 is 32.1 Å². The third kappa shape index (κ3) is 10.3. The van der Waals surface area contributed by atoms with Gasteiger partial charge in [0.1, 0.15) is 11.6 Å². The lowest BCUT2D eigenvalue weighted by Crippen LogP contribution is -2.36. The number of rotatable bonds is 21. The highest BCUT2D eigenvalue weighted by Gasteiger charge is 2.41. The number of aryl methyl sites for hydroxylation is 3. The molecule has 0 amide bonds. The van der Waals surface area contributed by atoms with E-state index in [4.69, 9.17) is 16.0 Å². The Bertz CT molecular complexity index is 2190. The van der Waals surface area contributed by atoms with E-state index >= 15 is 0 Å². The van der Waals surface area contributed by atoms with E-state index in [0.29, 0.717) is 47.4 Å². The smallest absolute Gasteiger partial charge is 0.417 e. The second-order valence-electron chi connectivity index (χ2n) is 16.2. The molecule has 316 valence electrons.